The normalized spacial score (nSPS) is 13.1. The molecule has 0 spiro atoms. The Labute approximate surface area is 167 Å². The average Bonchev–Trinajstić information content (AvgIpc) is 2.69. The molecule has 5 nitrogen and oxygen atoms in total. The molecule has 0 aromatic heterocycles. The molecule has 0 fully saturated rings. The van der Waals surface area contributed by atoms with E-state index in [4.69, 9.17) is 4.74 Å². The lowest BCUT2D eigenvalue weighted by molar-refractivity contribution is -0.113. The lowest BCUT2D eigenvalue weighted by atomic mass is 9.91. The summed E-state index contributed by atoms with van der Waals surface area (Å²) in [5, 5.41) is 12.4. The molecule has 0 saturated carbocycles. The van der Waals surface area contributed by atoms with Gasteiger partial charge >= 0.3 is 0 Å². The third kappa shape index (κ3) is 4.00. The van der Waals surface area contributed by atoms with Crippen LogP contribution in [0.3, 0.4) is 0 Å². The highest BCUT2D eigenvalue weighted by molar-refractivity contribution is 6.12. The quantitative estimate of drug-likeness (QED) is 0.739. The number of carbonyl (C=O) groups is 1. The third-order valence-electron chi connectivity index (χ3n) is 4.80. The predicted octanol–water partition coefficient (Wildman–Crippen LogP) is 3.88. The van der Waals surface area contributed by atoms with Gasteiger partial charge in [0.2, 0.25) is 0 Å². The summed E-state index contributed by atoms with van der Waals surface area (Å²) < 4.78 is 33.3. The number of fused-ring (bicyclic) bond motifs is 1. The van der Waals surface area contributed by atoms with Crippen molar-refractivity contribution in [2.45, 2.75) is 13.5 Å². The fourth-order valence-corrected chi connectivity index (χ4v) is 3.28. The number of nitrogens with zero attached hydrogens (tertiary/aromatic N) is 1. The summed E-state index contributed by atoms with van der Waals surface area (Å²) in [6.07, 6.45) is 1.66. The van der Waals surface area contributed by atoms with Gasteiger partial charge in [0.1, 0.15) is 17.4 Å². The van der Waals surface area contributed by atoms with E-state index in [2.05, 4.69) is 11.9 Å². The zero-order chi connectivity index (χ0) is 21.1. The fourth-order valence-electron chi connectivity index (χ4n) is 3.28. The maximum atomic E-state index is 13.9. The van der Waals surface area contributed by atoms with Crippen molar-refractivity contribution in [3.63, 3.8) is 0 Å². The Morgan fingerprint density at radius 2 is 1.97 bits per heavy atom. The zero-order valence-corrected chi connectivity index (χ0v) is 16.3. The van der Waals surface area contributed by atoms with E-state index in [0.717, 1.165) is 0 Å². The van der Waals surface area contributed by atoms with Gasteiger partial charge < -0.3 is 20.1 Å². The van der Waals surface area contributed by atoms with E-state index in [1.165, 1.54) is 32.2 Å². The third-order valence-corrected chi connectivity index (χ3v) is 4.80. The van der Waals surface area contributed by atoms with E-state index < -0.39 is 11.6 Å². The maximum absolute atomic E-state index is 13.9. The van der Waals surface area contributed by atoms with Crippen molar-refractivity contribution in [2.24, 2.45) is 0 Å². The average molecular weight is 400 g/mol. The second-order valence-corrected chi connectivity index (χ2v) is 6.62. The number of rotatable bonds is 7. The monoisotopic (exact) mass is 400 g/mol. The molecule has 2 aromatic carbocycles. The summed E-state index contributed by atoms with van der Waals surface area (Å²) in [6, 6.07) is 7.17. The van der Waals surface area contributed by atoms with Gasteiger partial charge in [0.05, 0.1) is 25.1 Å². The van der Waals surface area contributed by atoms with Gasteiger partial charge in [-0.25, -0.2) is 8.78 Å². The number of methoxy groups -OCH3 is 1. The largest absolute Gasteiger partial charge is 0.495 e. The molecular formula is C22H22F2N2O3. The number of halogens is 2. The Morgan fingerprint density at radius 1 is 1.28 bits per heavy atom. The van der Waals surface area contributed by atoms with Crippen LogP contribution in [0.2, 0.25) is 0 Å². The lowest BCUT2D eigenvalue weighted by Crippen LogP contribution is -2.26. The van der Waals surface area contributed by atoms with Gasteiger partial charge in [-0.2, -0.15) is 0 Å². The van der Waals surface area contributed by atoms with Crippen LogP contribution in [-0.4, -0.2) is 31.2 Å². The second kappa shape index (κ2) is 8.45. The number of benzene rings is 2. The van der Waals surface area contributed by atoms with E-state index in [9.17, 15) is 18.7 Å². The van der Waals surface area contributed by atoms with Crippen LogP contribution in [0.1, 0.15) is 18.1 Å². The van der Waals surface area contributed by atoms with Crippen LogP contribution in [0.25, 0.3) is 5.57 Å². The molecule has 0 bridgehead atoms. The molecule has 1 aliphatic rings. The minimum atomic E-state index is -0.644. The van der Waals surface area contributed by atoms with Crippen LogP contribution in [0, 0.1) is 11.6 Å². The van der Waals surface area contributed by atoms with Crippen molar-refractivity contribution >= 4 is 22.7 Å². The number of allylic oxidation sites excluding steroid dienone is 2. The van der Waals surface area contributed by atoms with E-state index in [1.54, 1.807) is 23.2 Å². The molecule has 0 radical (unpaired) electrons. The summed E-state index contributed by atoms with van der Waals surface area (Å²) in [6.45, 7) is 5.57. The standard InChI is InChI=1S/C22H22F2N2O3/c1-13-15-9-20(25-11-16-18(23)5-4-6-19(16)24)22(29-3)10-21(15)26(7-8-27)12-17(13)14(2)28/h4-6,9-10,12,25,27H,1,7-8,11H2,2-3H3. The number of nitrogens with one attached hydrogen (secondary N) is 1. The first-order chi connectivity index (χ1) is 13.9. The number of carbonyl (C=O) groups excluding carboxylic acids is 1. The number of Topliss-reactive ketones (excluding diaryl/α,β-unsaturated/α-hetero) is 1. The molecule has 0 aliphatic carbocycles. The highest BCUT2D eigenvalue weighted by atomic mass is 19.1. The molecule has 0 amide bonds. The van der Waals surface area contributed by atoms with Gasteiger partial charge in [-0.05, 0) is 30.7 Å². The van der Waals surface area contributed by atoms with Gasteiger partial charge in [-0.15, -0.1) is 0 Å². The summed E-state index contributed by atoms with van der Waals surface area (Å²) in [5.74, 6) is -0.984. The molecule has 3 rings (SSSR count). The highest BCUT2D eigenvalue weighted by Crippen LogP contribution is 2.42. The summed E-state index contributed by atoms with van der Waals surface area (Å²) >= 11 is 0. The molecular weight excluding hydrogens is 378 g/mol. The first-order valence-electron chi connectivity index (χ1n) is 9.06. The molecule has 1 aliphatic heterocycles. The van der Waals surface area contributed by atoms with Gasteiger partial charge in [0.25, 0.3) is 0 Å². The van der Waals surface area contributed by atoms with Gasteiger partial charge in [-0.1, -0.05) is 12.6 Å². The number of aliphatic hydroxyl groups is 1. The maximum Gasteiger partial charge on any atom is 0.161 e. The van der Waals surface area contributed by atoms with Crippen molar-refractivity contribution in [1.29, 1.82) is 0 Å². The Bertz CT molecular complexity index is 982. The molecule has 0 unspecified atom stereocenters. The van der Waals surface area contributed by atoms with Crippen LogP contribution in [-0.2, 0) is 11.3 Å². The molecule has 2 N–H and O–H groups in total. The number of aliphatic hydroxyl groups excluding tert-OH is 1. The van der Waals surface area contributed by atoms with Crippen molar-refractivity contribution in [3.05, 3.63) is 71.4 Å². The van der Waals surface area contributed by atoms with Crippen LogP contribution >= 0.6 is 0 Å². The van der Waals surface area contributed by atoms with Crippen molar-refractivity contribution in [1.82, 2.24) is 0 Å². The van der Waals surface area contributed by atoms with Crippen molar-refractivity contribution < 1.29 is 23.4 Å². The van der Waals surface area contributed by atoms with Crippen molar-refractivity contribution in [2.75, 3.05) is 30.5 Å². The minimum absolute atomic E-state index is 0.0858. The van der Waals surface area contributed by atoms with Gasteiger partial charge in [0.15, 0.2) is 5.78 Å². The van der Waals surface area contributed by atoms with E-state index >= 15 is 0 Å². The molecule has 0 saturated heterocycles. The Hall–Kier alpha value is -3.19. The molecule has 29 heavy (non-hydrogen) atoms. The first-order valence-corrected chi connectivity index (χ1v) is 9.06. The molecule has 152 valence electrons. The summed E-state index contributed by atoms with van der Waals surface area (Å²) in [7, 11) is 1.49. The molecule has 0 atom stereocenters. The summed E-state index contributed by atoms with van der Waals surface area (Å²) in [4.78, 5) is 13.8. The van der Waals surface area contributed by atoms with Gasteiger partial charge in [0, 0.05) is 42.1 Å². The minimum Gasteiger partial charge on any atom is -0.495 e. The first kappa shape index (κ1) is 20.5. The van der Waals surface area contributed by atoms with Crippen LogP contribution in [0.15, 0.2) is 48.7 Å². The lowest BCUT2D eigenvalue weighted by Gasteiger charge is -2.31. The second-order valence-electron chi connectivity index (χ2n) is 6.62. The highest BCUT2D eigenvalue weighted by Gasteiger charge is 2.25. The number of ether oxygens (including phenoxy) is 1. The zero-order valence-electron chi connectivity index (χ0n) is 16.3. The smallest absolute Gasteiger partial charge is 0.161 e. The fraction of sp³-hybridized carbons (Fsp3) is 0.227. The van der Waals surface area contributed by atoms with E-state index in [0.29, 0.717) is 33.8 Å². The Kier molecular flexibility index (Phi) is 5.98. The van der Waals surface area contributed by atoms with Crippen molar-refractivity contribution in [3.8, 4) is 5.75 Å². The molecule has 2 aromatic rings. The number of hydrogen-bond acceptors (Lipinski definition) is 5. The number of β-amino-alcohol motifs (C(OH)–C–C–N with tert-alkyl or cyclic N) is 1. The van der Waals surface area contributed by atoms with E-state index in [-0.39, 0.29) is 31.0 Å². The summed E-state index contributed by atoms with van der Waals surface area (Å²) in [5.41, 5.74) is 2.77. The van der Waals surface area contributed by atoms with Crippen LogP contribution in [0.5, 0.6) is 5.75 Å². The topological polar surface area (TPSA) is 61.8 Å². The molecule has 7 heteroatoms. The number of hydrogen-bond donors (Lipinski definition) is 2. The predicted molar refractivity (Wildman–Crippen MR) is 109 cm³/mol. The number of anilines is 2. The van der Waals surface area contributed by atoms with Crippen LogP contribution < -0.4 is 15.0 Å². The van der Waals surface area contributed by atoms with Crippen LogP contribution in [0.4, 0.5) is 20.2 Å². The van der Waals surface area contributed by atoms with Gasteiger partial charge in [-0.3, -0.25) is 4.79 Å². The Balaban J connectivity index is 2.01. The number of ketones is 1. The molecule has 1 heterocycles. The Morgan fingerprint density at radius 3 is 2.55 bits per heavy atom. The SMILES string of the molecule is C=C1C(C(C)=O)=CN(CCO)c2cc(OC)c(NCc3c(F)cccc3F)cc21. The van der Waals surface area contributed by atoms with E-state index in [1.807, 2.05) is 0 Å².